The maximum Gasteiger partial charge on any atom is 0.235 e. The second-order valence-electron chi connectivity index (χ2n) is 4.29. The Morgan fingerprint density at radius 3 is 2.78 bits per heavy atom. The van der Waals surface area contributed by atoms with Crippen LogP contribution in [0.5, 0.6) is 0 Å². The Balaban J connectivity index is 1.89. The number of rotatable bonds is 4. The first-order valence-electron chi connectivity index (χ1n) is 5.78. The fraction of sp³-hybridized carbons (Fsp3) is 0.385. The van der Waals surface area contributed by atoms with E-state index in [4.69, 9.17) is 11.6 Å². The zero-order chi connectivity index (χ0) is 13.0. The largest absolute Gasteiger partial charge is 0.340 e. The number of aliphatic imine (C=N–C) groups is 1. The number of likely N-dealkylation sites (tertiary alicyclic amines) is 1. The highest BCUT2D eigenvalue weighted by Crippen LogP contribution is 2.15. The van der Waals surface area contributed by atoms with Crippen LogP contribution in [0, 0.1) is 0 Å². The molecule has 4 nitrogen and oxygen atoms in total. The van der Waals surface area contributed by atoms with Gasteiger partial charge in [-0.25, -0.2) is 9.79 Å². The van der Waals surface area contributed by atoms with Gasteiger partial charge in [0.25, 0.3) is 0 Å². The van der Waals surface area contributed by atoms with Crippen LogP contribution in [0.3, 0.4) is 0 Å². The van der Waals surface area contributed by atoms with Crippen molar-refractivity contribution in [3.8, 4) is 0 Å². The van der Waals surface area contributed by atoms with E-state index in [1.165, 1.54) is 6.08 Å². The van der Waals surface area contributed by atoms with E-state index in [1.54, 1.807) is 4.90 Å². The van der Waals surface area contributed by atoms with Crippen LogP contribution in [0.15, 0.2) is 29.3 Å². The average Bonchev–Trinajstić information content (AvgIpc) is 2.70. The molecule has 1 aromatic rings. The van der Waals surface area contributed by atoms with Gasteiger partial charge in [0, 0.05) is 18.1 Å². The molecule has 94 valence electrons. The number of halogens is 1. The molecule has 1 fully saturated rings. The minimum atomic E-state index is -0.222. The topological polar surface area (TPSA) is 49.7 Å². The molecule has 0 aromatic heterocycles. The van der Waals surface area contributed by atoms with E-state index in [-0.39, 0.29) is 11.9 Å². The summed E-state index contributed by atoms with van der Waals surface area (Å²) in [5, 5.41) is 0.705. The van der Waals surface area contributed by atoms with Crippen molar-refractivity contribution in [1.29, 1.82) is 0 Å². The lowest BCUT2D eigenvalue weighted by Gasteiger charge is -2.15. The van der Waals surface area contributed by atoms with Gasteiger partial charge in [-0.1, -0.05) is 23.7 Å². The van der Waals surface area contributed by atoms with Gasteiger partial charge in [0.05, 0.1) is 12.5 Å². The van der Waals surface area contributed by atoms with Crippen molar-refractivity contribution >= 4 is 23.6 Å². The molecule has 1 heterocycles. The van der Waals surface area contributed by atoms with Crippen LogP contribution in [0.1, 0.15) is 12.0 Å². The van der Waals surface area contributed by atoms with Crippen molar-refractivity contribution in [3.05, 3.63) is 34.9 Å². The summed E-state index contributed by atoms with van der Waals surface area (Å²) in [5.41, 5.74) is 1.13. The molecule has 5 heteroatoms. The van der Waals surface area contributed by atoms with E-state index in [0.29, 0.717) is 24.5 Å². The van der Waals surface area contributed by atoms with E-state index >= 15 is 0 Å². The fourth-order valence-corrected chi connectivity index (χ4v) is 2.17. The maximum atomic E-state index is 11.6. The quantitative estimate of drug-likeness (QED) is 0.615. The van der Waals surface area contributed by atoms with Crippen molar-refractivity contribution < 1.29 is 9.59 Å². The predicted octanol–water partition coefficient (Wildman–Crippen LogP) is 1.82. The van der Waals surface area contributed by atoms with Crippen LogP contribution in [-0.2, 0) is 16.0 Å². The van der Waals surface area contributed by atoms with Crippen molar-refractivity contribution in [2.45, 2.75) is 18.9 Å². The molecule has 0 radical (unpaired) electrons. The summed E-state index contributed by atoms with van der Waals surface area (Å²) in [4.78, 5) is 27.1. The Kier molecular flexibility index (Phi) is 4.13. The third-order valence-corrected chi connectivity index (χ3v) is 3.26. The fourth-order valence-electron chi connectivity index (χ4n) is 2.04. The highest BCUT2D eigenvalue weighted by atomic mass is 35.5. The molecular weight excluding hydrogens is 252 g/mol. The lowest BCUT2D eigenvalue weighted by atomic mass is 10.1. The zero-order valence-electron chi connectivity index (χ0n) is 9.80. The molecule has 18 heavy (non-hydrogen) atoms. The predicted molar refractivity (Wildman–Crippen MR) is 68.3 cm³/mol. The smallest absolute Gasteiger partial charge is 0.235 e. The summed E-state index contributed by atoms with van der Waals surface area (Å²) < 4.78 is 0. The Labute approximate surface area is 110 Å². The minimum absolute atomic E-state index is 0.0490. The van der Waals surface area contributed by atoms with E-state index in [9.17, 15) is 9.59 Å². The van der Waals surface area contributed by atoms with Crippen LogP contribution in [0.2, 0.25) is 5.02 Å². The Morgan fingerprint density at radius 1 is 1.39 bits per heavy atom. The molecule has 1 unspecified atom stereocenters. The molecule has 1 aliphatic heterocycles. The van der Waals surface area contributed by atoms with Crippen LogP contribution < -0.4 is 0 Å². The molecule has 2 rings (SSSR count). The number of isocyanates is 1. The van der Waals surface area contributed by atoms with Gasteiger partial charge < -0.3 is 4.90 Å². The molecule has 1 atom stereocenters. The Hall–Kier alpha value is -1.64. The van der Waals surface area contributed by atoms with Crippen LogP contribution in [-0.4, -0.2) is 36.0 Å². The van der Waals surface area contributed by atoms with Gasteiger partial charge in [0.2, 0.25) is 12.0 Å². The molecular formula is C13H13ClN2O2. The van der Waals surface area contributed by atoms with Crippen LogP contribution in [0.4, 0.5) is 0 Å². The summed E-state index contributed by atoms with van der Waals surface area (Å²) in [6.45, 7) is 1.16. The molecule has 0 bridgehead atoms. The number of carbonyl (C=O) groups is 1. The van der Waals surface area contributed by atoms with Crippen molar-refractivity contribution in [3.63, 3.8) is 0 Å². The summed E-state index contributed by atoms with van der Waals surface area (Å²) >= 11 is 5.80. The zero-order valence-corrected chi connectivity index (χ0v) is 10.6. The summed E-state index contributed by atoms with van der Waals surface area (Å²) in [5.74, 6) is 0.0490. The minimum Gasteiger partial charge on any atom is -0.340 e. The molecule has 1 aliphatic rings. The van der Waals surface area contributed by atoms with Gasteiger partial charge in [-0.05, 0) is 24.1 Å². The van der Waals surface area contributed by atoms with Crippen molar-refractivity contribution in [2.75, 3.05) is 13.1 Å². The summed E-state index contributed by atoms with van der Waals surface area (Å²) in [7, 11) is 0. The number of amides is 1. The monoisotopic (exact) mass is 264 g/mol. The Bertz CT molecular complexity index is 480. The van der Waals surface area contributed by atoms with Gasteiger partial charge in [-0.2, -0.15) is 0 Å². The molecule has 1 saturated heterocycles. The highest BCUT2D eigenvalue weighted by molar-refractivity contribution is 6.30. The first-order chi connectivity index (χ1) is 8.69. The number of hydrogen-bond donors (Lipinski definition) is 0. The third kappa shape index (κ3) is 3.19. The molecule has 0 aliphatic carbocycles. The van der Waals surface area contributed by atoms with Gasteiger partial charge in [-0.15, -0.1) is 0 Å². The van der Waals surface area contributed by atoms with Gasteiger partial charge in [-0.3, -0.25) is 4.79 Å². The number of hydrogen-bond acceptors (Lipinski definition) is 3. The van der Waals surface area contributed by atoms with Gasteiger partial charge >= 0.3 is 0 Å². The SMILES string of the molecule is O=C=NC1CC(=O)N(CCc2ccc(Cl)cc2)C1. The lowest BCUT2D eigenvalue weighted by Crippen LogP contribution is -2.27. The van der Waals surface area contributed by atoms with Crippen molar-refractivity contribution in [1.82, 2.24) is 4.90 Å². The Morgan fingerprint density at radius 2 is 2.11 bits per heavy atom. The van der Waals surface area contributed by atoms with Gasteiger partial charge in [0.1, 0.15) is 0 Å². The van der Waals surface area contributed by atoms with Crippen LogP contribution in [0.25, 0.3) is 0 Å². The number of carbonyl (C=O) groups excluding carboxylic acids is 2. The van der Waals surface area contributed by atoms with Crippen molar-refractivity contribution in [2.24, 2.45) is 4.99 Å². The van der Waals surface area contributed by atoms with E-state index < -0.39 is 0 Å². The van der Waals surface area contributed by atoms with Gasteiger partial charge in [0.15, 0.2) is 0 Å². The standard InChI is InChI=1S/C13H13ClN2O2/c14-11-3-1-10(2-4-11)5-6-16-8-12(15-9-17)7-13(16)18/h1-4,12H,5-8H2. The molecule has 0 saturated carbocycles. The first kappa shape index (κ1) is 12.8. The third-order valence-electron chi connectivity index (χ3n) is 3.01. The summed E-state index contributed by atoms with van der Waals surface area (Å²) in [6.07, 6.45) is 2.61. The van der Waals surface area contributed by atoms with E-state index in [0.717, 1.165) is 12.0 Å². The second kappa shape index (κ2) is 5.80. The molecule has 0 spiro atoms. The van der Waals surface area contributed by atoms with E-state index in [2.05, 4.69) is 4.99 Å². The highest BCUT2D eigenvalue weighted by Gasteiger charge is 2.28. The summed E-state index contributed by atoms with van der Waals surface area (Å²) in [6, 6.07) is 7.35. The molecule has 0 N–H and O–H groups in total. The van der Waals surface area contributed by atoms with Crippen LogP contribution >= 0.6 is 11.6 Å². The average molecular weight is 265 g/mol. The maximum absolute atomic E-state index is 11.6. The lowest BCUT2D eigenvalue weighted by molar-refractivity contribution is -0.127. The van der Waals surface area contributed by atoms with E-state index in [1.807, 2.05) is 24.3 Å². The number of benzene rings is 1. The number of nitrogens with zero attached hydrogens (tertiary/aromatic N) is 2. The molecule has 1 amide bonds. The normalized spacial score (nSPS) is 18.8. The second-order valence-corrected chi connectivity index (χ2v) is 4.73. The first-order valence-corrected chi connectivity index (χ1v) is 6.16. The molecule has 1 aromatic carbocycles.